The third-order valence-electron chi connectivity index (χ3n) is 5.17. The molecule has 0 amide bonds. The third kappa shape index (κ3) is 4.29. The van der Waals surface area contributed by atoms with Gasteiger partial charge in [0.25, 0.3) is 0 Å². The fraction of sp³-hybridized carbons (Fsp3) is 0.409. The molecule has 0 unspecified atom stereocenters. The lowest BCUT2D eigenvalue weighted by atomic mass is 9.84. The molecule has 2 aromatic rings. The van der Waals surface area contributed by atoms with Crippen molar-refractivity contribution in [3.63, 3.8) is 0 Å². The topological polar surface area (TPSA) is 29.5 Å². The summed E-state index contributed by atoms with van der Waals surface area (Å²) in [5.74, 6) is -0.358. The van der Waals surface area contributed by atoms with Crippen LogP contribution in [0.3, 0.4) is 0 Å². The van der Waals surface area contributed by atoms with Crippen molar-refractivity contribution < 1.29 is 9.53 Å². The average Bonchev–Trinajstić information content (AvgIpc) is 2.65. The van der Waals surface area contributed by atoms with Crippen LogP contribution in [0.5, 0.6) is 0 Å². The van der Waals surface area contributed by atoms with Gasteiger partial charge in [-0.15, -0.1) is 0 Å². The SMILES string of the molecule is COC(=O)[C@@H](c1ccc(C)cc1)[C@@H]1CCCCN1Cc1ccccc1. The van der Waals surface area contributed by atoms with E-state index in [2.05, 4.69) is 60.4 Å². The smallest absolute Gasteiger partial charge is 0.314 e. The number of likely N-dealkylation sites (tertiary alicyclic amines) is 1. The number of nitrogens with zero attached hydrogens (tertiary/aromatic N) is 1. The van der Waals surface area contributed by atoms with Crippen LogP contribution in [0, 0.1) is 6.92 Å². The summed E-state index contributed by atoms with van der Waals surface area (Å²) in [6, 6.07) is 19.0. The molecule has 2 atom stereocenters. The number of hydrogen-bond donors (Lipinski definition) is 0. The molecule has 0 N–H and O–H groups in total. The van der Waals surface area contributed by atoms with Crippen LogP contribution >= 0.6 is 0 Å². The van der Waals surface area contributed by atoms with Crippen LogP contribution in [-0.2, 0) is 16.1 Å². The van der Waals surface area contributed by atoms with E-state index in [9.17, 15) is 4.79 Å². The minimum atomic E-state index is -0.227. The number of methoxy groups -OCH3 is 1. The van der Waals surface area contributed by atoms with Crippen LogP contribution in [0.4, 0.5) is 0 Å². The molecule has 1 aliphatic heterocycles. The molecular weight excluding hydrogens is 310 g/mol. The van der Waals surface area contributed by atoms with Crippen molar-refractivity contribution in [2.45, 2.75) is 44.7 Å². The van der Waals surface area contributed by atoms with Crippen LogP contribution in [0.1, 0.15) is 41.9 Å². The molecule has 3 nitrogen and oxygen atoms in total. The first kappa shape index (κ1) is 17.7. The molecule has 2 aromatic carbocycles. The van der Waals surface area contributed by atoms with Crippen LogP contribution in [0.15, 0.2) is 54.6 Å². The largest absolute Gasteiger partial charge is 0.469 e. The van der Waals surface area contributed by atoms with Gasteiger partial charge in [0.2, 0.25) is 0 Å². The first-order valence-corrected chi connectivity index (χ1v) is 9.11. The number of rotatable bonds is 5. The van der Waals surface area contributed by atoms with Gasteiger partial charge in [0, 0.05) is 12.6 Å². The minimum Gasteiger partial charge on any atom is -0.469 e. The Morgan fingerprint density at radius 2 is 1.84 bits per heavy atom. The maximum absolute atomic E-state index is 12.6. The van der Waals surface area contributed by atoms with E-state index in [1.807, 2.05) is 6.07 Å². The zero-order valence-corrected chi connectivity index (χ0v) is 15.2. The highest BCUT2D eigenvalue weighted by atomic mass is 16.5. The predicted octanol–water partition coefficient (Wildman–Crippen LogP) is 4.31. The van der Waals surface area contributed by atoms with E-state index in [4.69, 9.17) is 4.74 Å². The van der Waals surface area contributed by atoms with Gasteiger partial charge in [-0.1, -0.05) is 66.6 Å². The number of esters is 1. The molecule has 0 saturated carbocycles. The Balaban J connectivity index is 1.88. The van der Waals surface area contributed by atoms with Gasteiger partial charge in [0.15, 0.2) is 0 Å². The van der Waals surface area contributed by atoms with Gasteiger partial charge in [-0.3, -0.25) is 9.69 Å². The minimum absolute atomic E-state index is 0.131. The zero-order valence-electron chi connectivity index (χ0n) is 15.2. The van der Waals surface area contributed by atoms with Gasteiger partial charge in [-0.25, -0.2) is 0 Å². The molecule has 3 heteroatoms. The molecule has 1 aliphatic rings. The quantitative estimate of drug-likeness (QED) is 0.762. The van der Waals surface area contributed by atoms with Crippen molar-refractivity contribution in [2.24, 2.45) is 0 Å². The summed E-state index contributed by atoms with van der Waals surface area (Å²) < 4.78 is 5.18. The molecule has 0 aromatic heterocycles. The van der Waals surface area contributed by atoms with Crippen molar-refractivity contribution in [2.75, 3.05) is 13.7 Å². The highest BCUT2D eigenvalue weighted by molar-refractivity contribution is 5.79. The molecule has 25 heavy (non-hydrogen) atoms. The monoisotopic (exact) mass is 337 g/mol. The van der Waals surface area contributed by atoms with Gasteiger partial charge in [0.05, 0.1) is 13.0 Å². The van der Waals surface area contributed by atoms with Crippen molar-refractivity contribution >= 4 is 5.97 Å². The Hall–Kier alpha value is -2.13. The molecule has 0 bridgehead atoms. The maximum Gasteiger partial charge on any atom is 0.314 e. The highest BCUT2D eigenvalue weighted by Crippen LogP contribution is 2.32. The second kappa shape index (κ2) is 8.30. The maximum atomic E-state index is 12.6. The van der Waals surface area contributed by atoms with E-state index < -0.39 is 0 Å². The van der Waals surface area contributed by atoms with Gasteiger partial charge >= 0.3 is 5.97 Å². The van der Waals surface area contributed by atoms with Gasteiger partial charge in [0.1, 0.15) is 0 Å². The molecule has 1 heterocycles. The fourth-order valence-corrected chi connectivity index (χ4v) is 3.82. The van der Waals surface area contributed by atoms with E-state index in [0.29, 0.717) is 0 Å². The second-order valence-electron chi connectivity index (χ2n) is 6.93. The van der Waals surface area contributed by atoms with Crippen molar-refractivity contribution in [1.82, 2.24) is 4.90 Å². The van der Waals surface area contributed by atoms with E-state index in [-0.39, 0.29) is 17.9 Å². The molecule has 132 valence electrons. The van der Waals surface area contributed by atoms with E-state index >= 15 is 0 Å². The number of benzene rings is 2. The summed E-state index contributed by atoms with van der Waals surface area (Å²) in [6.07, 6.45) is 3.38. The van der Waals surface area contributed by atoms with E-state index in [1.165, 1.54) is 24.7 Å². The van der Waals surface area contributed by atoms with Crippen LogP contribution < -0.4 is 0 Å². The Bertz CT molecular complexity index is 681. The third-order valence-corrected chi connectivity index (χ3v) is 5.17. The summed E-state index contributed by atoms with van der Waals surface area (Å²) in [4.78, 5) is 15.1. The normalized spacial score (nSPS) is 19.4. The number of hydrogen-bond acceptors (Lipinski definition) is 3. The lowest BCUT2D eigenvalue weighted by Crippen LogP contribution is -2.45. The Labute approximate surface area is 150 Å². The Morgan fingerprint density at radius 1 is 1.12 bits per heavy atom. The fourth-order valence-electron chi connectivity index (χ4n) is 3.82. The molecule has 0 radical (unpaired) electrons. The van der Waals surface area contributed by atoms with Crippen LogP contribution in [0.2, 0.25) is 0 Å². The zero-order chi connectivity index (χ0) is 17.6. The first-order chi connectivity index (χ1) is 12.2. The molecule has 1 saturated heterocycles. The first-order valence-electron chi connectivity index (χ1n) is 9.11. The summed E-state index contributed by atoms with van der Waals surface area (Å²) >= 11 is 0. The number of carbonyl (C=O) groups excluding carboxylic acids is 1. The second-order valence-corrected chi connectivity index (χ2v) is 6.93. The Kier molecular flexibility index (Phi) is 5.87. The molecule has 3 rings (SSSR count). The molecular formula is C22H27NO2. The van der Waals surface area contributed by atoms with E-state index in [0.717, 1.165) is 31.5 Å². The average molecular weight is 337 g/mol. The number of carbonyl (C=O) groups is 1. The molecule has 0 spiro atoms. The summed E-state index contributed by atoms with van der Waals surface area (Å²) in [5.41, 5.74) is 3.56. The van der Waals surface area contributed by atoms with Crippen LogP contribution in [0.25, 0.3) is 0 Å². The van der Waals surface area contributed by atoms with E-state index in [1.54, 1.807) is 0 Å². The lowest BCUT2D eigenvalue weighted by molar-refractivity contribution is -0.144. The van der Waals surface area contributed by atoms with Crippen molar-refractivity contribution in [1.29, 1.82) is 0 Å². The van der Waals surface area contributed by atoms with Crippen molar-refractivity contribution in [3.05, 3.63) is 71.3 Å². The lowest BCUT2D eigenvalue weighted by Gasteiger charge is -2.39. The standard InChI is InChI=1S/C22H27NO2/c1-17-11-13-19(14-12-17)21(22(24)25-2)20-10-6-7-15-23(20)16-18-8-4-3-5-9-18/h3-5,8-9,11-14,20-21H,6-7,10,15-16H2,1-2H3/t20-,21-/m0/s1. The molecule has 1 fully saturated rings. The molecule has 0 aliphatic carbocycles. The number of piperidine rings is 1. The summed E-state index contributed by atoms with van der Waals surface area (Å²) in [7, 11) is 1.49. The predicted molar refractivity (Wildman–Crippen MR) is 100 cm³/mol. The summed E-state index contributed by atoms with van der Waals surface area (Å²) in [5, 5.41) is 0. The highest BCUT2D eigenvalue weighted by Gasteiger charge is 2.36. The van der Waals surface area contributed by atoms with Gasteiger partial charge < -0.3 is 4.74 Å². The van der Waals surface area contributed by atoms with Crippen molar-refractivity contribution in [3.8, 4) is 0 Å². The van der Waals surface area contributed by atoms with Gasteiger partial charge in [-0.2, -0.15) is 0 Å². The van der Waals surface area contributed by atoms with Gasteiger partial charge in [-0.05, 0) is 37.4 Å². The number of ether oxygens (including phenoxy) is 1. The van der Waals surface area contributed by atoms with Crippen LogP contribution in [-0.4, -0.2) is 30.6 Å². The Morgan fingerprint density at radius 3 is 2.52 bits per heavy atom. The summed E-state index contributed by atoms with van der Waals surface area (Å²) in [6.45, 7) is 3.98. The number of aryl methyl sites for hydroxylation is 1.